The fourth-order valence-electron chi connectivity index (χ4n) is 1.18. The zero-order valence-corrected chi connectivity index (χ0v) is 11.1. The molecular weight excluding hydrogens is 264 g/mol. The SMILES string of the molecule is CCOS(=O)(=O)/C=C/c1ccc(Cl)cc1OC. The van der Waals surface area contributed by atoms with Crippen molar-refractivity contribution in [3.05, 3.63) is 34.2 Å². The Morgan fingerprint density at radius 3 is 2.71 bits per heavy atom. The van der Waals surface area contributed by atoms with Crippen molar-refractivity contribution in [1.82, 2.24) is 0 Å². The first-order valence-corrected chi connectivity index (χ1v) is 6.74. The highest BCUT2D eigenvalue weighted by molar-refractivity contribution is 7.89. The van der Waals surface area contributed by atoms with E-state index in [1.807, 2.05) is 0 Å². The van der Waals surface area contributed by atoms with Crippen molar-refractivity contribution in [2.45, 2.75) is 6.92 Å². The van der Waals surface area contributed by atoms with Gasteiger partial charge in [-0.1, -0.05) is 11.6 Å². The summed E-state index contributed by atoms with van der Waals surface area (Å²) in [5.41, 5.74) is 0.611. The third kappa shape index (κ3) is 4.38. The second-order valence-electron chi connectivity index (χ2n) is 3.09. The number of methoxy groups -OCH3 is 1. The first kappa shape index (κ1) is 14.0. The molecule has 0 fully saturated rings. The van der Waals surface area contributed by atoms with E-state index in [2.05, 4.69) is 4.18 Å². The van der Waals surface area contributed by atoms with Gasteiger partial charge in [-0.15, -0.1) is 0 Å². The molecule has 0 saturated heterocycles. The van der Waals surface area contributed by atoms with E-state index < -0.39 is 10.1 Å². The van der Waals surface area contributed by atoms with Crippen molar-refractivity contribution >= 4 is 27.8 Å². The lowest BCUT2D eigenvalue weighted by molar-refractivity contribution is 0.345. The molecule has 0 bridgehead atoms. The average molecular weight is 277 g/mol. The third-order valence-electron chi connectivity index (χ3n) is 1.89. The minimum absolute atomic E-state index is 0.102. The monoisotopic (exact) mass is 276 g/mol. The Labute approximate surface area is 106 Å². The van der Waals surface area contributed by atoms with E-state index in [-0.39, 0.29) is 6.61 Å². The molecular formula is C11H13ClO4S. The van der Waals surface area contributed by atoms with E-state index in [1.54, 1.807) is 25.1 Å². The lowest BCUT2D eigenvalue weighted by atomic mass is 10.2. The van der Waals surface area contributed by atoms with Gasteiger partial charge >= 0.3 is 0 Å². The molecule has 0 aromatic heterocycles. The van der Waals surface area contributed by atoms with Gasteiger partial charge in [0.15, 0.2) is 0 Å². The maximum Gasteiger partial charge on any atom is 0.290 e. The van der Waals surface area contributed by atoms with Crippen LogP contribution in [0.15, 0.2) is 23.6 Å². The summed E-state index contributed by atoms with van der Waals surface area (Å²) in [5, 5.41) is 1.51. The summed E-state index contributed by atoms with van der Waals surface area (Å²) in [6, 6.07) is 4.92. The molecule has 4 nitrogen and oxygen atoms in total. The van der Waals surface area contributed by atoms with Gasteiger partial charge in [-0.3, -0.25) is 4.18 Å². The Morgan fingerprint density at radius 1 is 1.41 bits per heavy atom. The van der Waals surface area contributed by atoms with Crippen LogP contribution in [-0.4, -0.2) is 22.1 Å². The Kier molecular flexibility index (Phi) is 4.99. The van der Waals surface area contributed by atoms with Crippen LogP contribution in [0.5, 0.6) is 5.75 Å². The largest absolute Gasteiger partial charge is 0.496 e. The van der Waals surface area contributed by atoms with Crippen molar-refractivity contribution in [3.63, 3.8) is 0 Å². The van der Waals surface area contributed by atoms with Crippen LogP contribution in [0, 0.1) is 0 Å². The van der Waals surface area contributed by atoms with Crippen molar-refractivity contribution in [2.75, 3.05) is 13.7 Å². The predicted octanol–water partition coefficient (Wildman–Crippen LogP) is 2.69. The van der Waals surface area contributed by atoms with Gasteiger partial charge in [0, 0.05) is 10.6 Å². The van der Waals surface area contributed by atoms with Gasteiger partial charge in [0.2, 0.25) is 0 Å². The molecule has 0 aliphatic carbocycles. The summed E-state index contributed by atoms with van der Waals surface area (Å²) in [6.07, 6.45) is 1.40. The molecule has 0 spiro atoms. The minimum atomic E-state index is -3.63. The van der Waals surface area contributed by atoms with Crippen molar-refractivity contribution in [3.8, 4) is 5.75 Å². The molecule has 1 rings (SSSR count). The van der Waals surface area contributed by atoms with Crippen LogP contribution in [0.25, 0.3) is 6.08 Å². The molecule has 0 aliphatic rings. The Morgan fingerprint density at radius 2 is 2.12 bits per heavy atom. The number of benzene rings is 1. The van der Waals surface area contributed by atoms with Crippen molar-refractivity contribution in [1.29, 1.82) is 0 Å². The van der Waals surface area contributed by atoms with Gasteiger partial charge < -0.3 is 4.74 Å². The summed E-state index contributed by atoms with van der Waals surface area (Å²) in [6.45, 7) is 1.71. The number of hydrogen-bond donors (Lipinski definition) is 0. The Hall–Kier alpha value is -1.04. The normalized spacial score (nSPS) is 11.9. The molecule has 0 aliphatic heterocycles. The van der Waals surface area contributed by atoms with Gasteiger partial charge in [-0.05, 0) is 31.2 Å². The van der Waals surface area contributed by atoms with E-state index in [0.29, 0.717) is 16.3 Å². The van der Waals surface area contributed by atoms with E-state index >= 15 is 0 Å². The van der Waals surface area contributed by atoms with Gasteiger partial charge in [0.25, 0.3) is 10.1 Å². The summed E-state index contributed by atoms with van der Waals surface area (Å²) in [5.74, 6) is 0.500. The number of hydrogen-bond acceptors (Lipinski definition) is 4. The lowest BCUT2D eigenvalue weighted by Gasteiger charge is -2.04. The molecule has 0 heterocycles. The highest BCUT2D eigenvalue weighted by atomic mass is 35.5. The van der Waals surface area contributed by atoms with Gasteiger partial charge in [0.1, 0.15) is 5.75 Å². The maximum absolute atomic E-state index is 11.3. The predicted molar refractivity (Wildman–Crippen MR) is 67.6 cm³/mol. The smallest absolute Gasteiger partial charge is 0.290 e. The van der Waals surface area contributed by atoms with Crippen LogP contribution in [0.3, 0.4) is 0 Å². The van der Waals surface area contributed by atoms with Gasteiger partial charge in [0.05, 0.1) is 19.1 Å². The van der Waals surface area contributed by atoms with Gasteiger partial charge in [-0.25, -0.2) is 0 Å². The van der Waals surface area contributed by atoms with Crippen molar-refractivity contribution in [2.24, 2.45) is 0 Å². The first-order valence-electron chi connectivity index (χ1n) is 4.89. The van der Waals surface area contributed by atoms with E-state index in [0.717, 1.165) is 5.41 Å². The highest BCUT2D eigenvalue weighted by Crippen LogP contribution is 2.24. The number of rotatable bonds is 5. The first-order chi connectivity index (χ1) is 7.98. The fraction of sp³-hybridized carbons (Fsp3) is 0.273. The zero-order chi connectivity index (χ0) is 12.9. The molecule has 1 aromatic carbocycles. The second-order valence-corrected chi connectivity index (χ2v) is 5.02. The zero-order valence-electron chi connectivity index (χ0n) is 9.51. The molecule has 6 heteroatoms. The molecule has 17 heavy (non-hydrogen) atoms. The van der Waals surface area contributed by atoms with Crippen LogP contribution in [0.2, 0.25) is 5.02 Å². The Balaban J connectivity index is 2.99. The molecule has 0 unspecified atom stereocenters. The van der Waals surface area contributed by atoms with Crippen LogP contribution >= 0.6 is 11.6 Å². The standard InChI is InChI=1S/C11H13ClO4S/c1-3-16-17(13,14)7-6-9-4-5-10(12)8-11(9)15-2/h4-8H,3H2,1-2H3/b7-6+. The molecule has 0 atom stereocenters. The topological polar surface area (TPSA) is 52.6 Å². The summed E-state index contributed by atoms with van der Waals surface area (Å²) >= 11 is 5.79. The van der Waals surface area contributed by atoms with Crippen molar-refractivity contribution < 1.29 is 17.3 Å². The number of ether oxygens (including phenoxy) is 1. The van der Waals surface area contributed by atoms with Gasteiger partial charge in [-0.2, -0.15) is 8.42 Å². The quantitative estimate of drug-likeness (QED) is 0.776. The molecule has 0 N–H and O–H groups in total. The van der Waals surface area contributed by atoms with E-state index in [4.69, 9.17) is 16.3 Å². The Bertz CT molecular complexity index is 508. The molecule has 0 amide bonds. The van der Waals surface area contributed by atoms with E-state index in [9.17, 15) is 8.42 Å². The fourth-order valence-corrected chi connectivity index (χ4v) is 2.07. The third-order valence-corrected chi connectivity index (χ3v) is 3.16. The highest BCUT2D eigenvalue weighted by Gasteiger charge is 2.06. The van der Waals surface area contributed by atoms with Crippen LogP contribution < -0.4 is 4.74 Å². The van der Waals surface area contributed by atoms with Crippen LogP contribution in [0.4, 0.5) is 0 Å². The maximum atomic E-state index is 11.3. The molecule has 94 valence electrons. The molecule has 0 saturated carbocycles. The second kappa shape index (κ2) is 6.05. The van der Waals surface area contributed by atoms with E-state index in [1.165, 1.54) is 13.2 Å². The molecule has 1 aromatic rings. The number of halogens is 1. The minimum Gasteiger partial charge on any atom is -0.496 e. The summed E-state index contributed by atoms with van der Waals surface area (Å²) < 4.78 is 32.2. The summed E-state index contributed by atoms with van der Waals surface area (Å²) in [7, 11) is -2.15. The summed E-state index contributed by atoms with van der Waals surface area (Å²) in [4.78, 5) is 0. The molecule has 0 radical (unpaired) electrons. The lowest BCUT2D eigenvalue weighted by Crippen LogP contribution is -2.00. The van der Waals surface area contributed by atoms with Crippen LogP contribution in [-0.2, 0) is 14.3 Å². The van der Waals surface area contributed by atoms with Crippen LogP contribution in [0.1, 0.15) is 12.5 Å². The average Bonchev–Trinajstić information content (AvgIpc) is 2.27.